The van der Waals surface area contributed by atoms with Gasteiger partial charge in [-0.25, -0.2) is 4.39 Å². The molecule has 1 aliphatic rings. The second kappa shape index (κ2) is 5.47. The summed E-state index contributed by atoms with van der Waals surface area (Å²) < 4.78 is 12.9. The van der Waals surface area contributed by atoms with Crippen molar-refractivity contribution in [3.63, 3.8) is 0 Å². The SMILES string of the molecule is CC(C)(CNC(=O)C1(N)CC1)c1ccc(F)cc1.Cl. The van der Waals surface area contributed by atoms with E-state index in [0.29, 0.717) is 6.54 Å². The van der Waals surface area contributed by atoms with Gasteiger partial charge in [0.2, 0.25) is 5.91 Å². The van der Waals surface area contributed by atoms with Crippen LogP contribution in [0.3, 0.4) is 0 Å². The molecule has 1 fully saturated rings. The van der Waals surface area contributed by atoms with Crippen LogP contribution in [0.2, 0.25) is 0 Å². The fraction of sp³-hybridized carbons (Fsp3) is 0.500. The second-order valence-corrected chi connectivity index (χ2v) is 5.73. The number of carbonyl (C=O) groups excluding carboxylic acids is 1. The fourth-order valence-corrected chi connectivity index (χ4v) is 1.84. The van der Waals surface area contributed by atoms with Gasteiger partial charge in [0.05, 0.1) is 5.54 Å². The van der Waals surface area contributed by atoms with Crippen LogP contribution in [0.5, 0.6) is 0 Å². The Kier molecular flexibility index (Phi) is 4.59. The van der Waals surface area contributed by atoms with Gasteiger partial charge in [-0.1, -0.05) is 26.0 Å². The lowest BCUT2D eigenvalue weighted by Gasteiger charge is -2.26. The van der Waals surface area contributed by atoms with E-state index in [9.17, 15) is 9.18 Å². The largest absolute Gasteiger partial charge is 0.354 e. The molecule has 0 unspecified atom stereocenters. The van der Waals surface area contributed by atoms with E-state index in [1.807, 2.05) is 13.8 Å². The average molecular weight is 287 g/mol. The number of amides is 1. The highest BCUT2D eigenvalue weighted by atomic mass is 35.5. The third kappa shape index (κ3) is 3.67. The maximum absolute atomic E-state index is 12.9. The van der Waals surface area contributed by atoms with E-state index < -0.39 is 5.54 Å². The molecule has 3 N–H and O–H groups in total. The number of benzene rings is 1. The molecule has 0 atom stereocenters. The third-order valence-electron chi connectivity index (χ3n) is 3.56. The van der Waals surface area contributed by atoms with Crippen LogP contribution in [0.15, 0.2) is 24.3 Å². The molecule has 0 aliphatic heterocycles. The summed E-state index contributed by atoms with van der Waals surface area (Å²) in [4.78, 5) is 11.8. The van der Waals surface area contributed by atoms with Crippen LogP contribution in [0, 0.1) is 5.82 Å². The Morgan fingerprint density at radius 1 is 1.37 bits per heavy atom. The zero-order valence-electron chi connectivity index (χ0n) is 11.2. The number of carbonyl (C=O) groups is 1. The Bertz CT molecular complexity index is 455. The van der Waals surface area contributed by atoms with Gasteiger partial charge in [-0.05, 0) is 30.5 Å². The Morgan fingerprint density at radius 3 is 2.37 bits per heavy atom. The Morgan fingerprint density at radius 2 is 1.89 bits per heavy atom. The summed E-state index contributed by atoms with van der Waals surface area (Å²) in [5.74, 6) is -0.338. The molecule has 0 heterocycles. The summed E-state index contributed by atoms with van der Waals surface area (Å²) in [6.45, 7) is 4.52. The van der Waals surface area contributed by atoms with Gasteiger partial charge in [0, 0.05) is 12.0 Å². The lowest BCUT2D eigenvalue weighted by atomic mass is 9.84. The van der Waals surface area contributed by atoms with E-state index in [1.165, 1.54) is 12.1 Å². The molecule has 0 bridgehead atoms. The normalized spacial score (nSPS) is 16.4. The van der Waals surface area contributed by atoms with Gasteiger partial charge in [-0.2, -0.15) is 0 Å². The van der Waals surface area contributed by atoms with Crippen molar-refractivity contribution in [2.24, 2.45) is 5.73 Å². The molecule has 0 radical (unpaired) electrons. The summed E-state index contributed by atoms with van der Waals surface area (Å²) in [6, 6.07) is 6.36. The topological polar surface area (TPSA) is 55.1 Å². The van der Waals surface area contributed by atoms with Crippen molar-refractivity contribution in [3.8, 4) is 0 Å². The first-order valence-corrected chi connectivity index (χ1v) is 6.17. The van der Waals surface area contributed by atoms with Gasteiger partial charge < -0.3 is 11.1 Å². The Labute approximate surface area is 119 Å². The fourth-order valence-electron chi connectivity index (χ4n) is 1.84. The van der Waals surface area contributed by atoms with Crippen LogP contribution in [-0.2, 0) is 10.2 Å². The third-order valence-corrected chi connectivity index (χ3v) is 3.56. The molecule has 1 aromatic rings. The first-order chi connectivity index (χ1) is 8.33. The number of halogens is 2. The van der Waals surface area contributed by atoms with Crippen LogP contribution >= 0.6 is 12.4 Å². The minimum absolute atomic E-state index is 0. The zero-order chi connectivity index (χ0) is 13.4. The van der Waals surface area contributed by atoms with Gasteiger partial charge in [-0.3, -0.25) is 4.79 Å². The summed E-state index contributed by atoms with van der Waals surface area (Å²) in [7, 11) is 0. The minimum atomic E-state index is -0.640. The number of rotatable bonds is 4. The highest BCUT2D eigenvalue weighted by Crippen LogP contribution is 2.32. The van der Waals surface area contributed by atoms with Crippen molar-refractivity contribution >= 4 is 18.3 Å². The van der Waals surface area contributed by atoms with Gasteiger partial charge in [0.15, 0.2) is 0 Å². The van der Waals surface area contributed by atoms with E-state index in [-0.39, 0.29) is 29.5 Å². The van der Waals surface area contributed by atoms with E-state index in [1.54, 1.807) is 12.1 Å². The van der Waals surface area contributed by atoms with Gasteiger partial charge in [-0.15, -0.1) is 12.4 Å². The molecule has 3 nitrogen and oxygen atoms in total. The van der Waals surface area contributed by atoms with Crippen molar-refractivity contribution in [1.29, 1.82) is 0 Å². The average Bonchev–Trinajstić information content (AvgIpc) is 3.06. The number of hydrogen-bond acceptors (Lipinski definition) is 2. The summed E-state index contributed by atoms with van der Waals surface area (Å²) in [5, 5.41) is 2.88. The van der Waals surface area contributed by atoms with E-state index in [4.69, 9.17) is 5.73 Å². The molecular formula is C14H20ClFN2O. The summed E-state index contributed by atoms with van der Waals surface area (Å²) in [5.41, 5.74) is 5.93. The smallest absolute Gasteiger partial charge is 0.240 e. The molecule has 1 aliphatic carbocycles. The van der Waals surface area contributed by atoms with Crippen LogP contribution in [0.1, 0.15) is 32.3 Å². The van der Waals surface area contributed by atoms with Crippen LogP contribution < -0.4 is 11.1 Å². The van der Waals surface area contributed by atoms with Gasteiger partial charge in [0.25, 0.3) is 0 Å². The van der Waals surface area contributed by atoms with E-state index >= 15 is 0 Å². The van der Waals surface area contributed by atoms with Gasteiger partial charge in [0.1, 0.15) is 5.82 Å². The maximum atomic E-state index is 12.9. The molecule has 2 rings (SSSR count). The first kappa shape index (κ1) is 15.9. The monoisotopic (exact) mass is 286 g/mol. The molecular weight excluding hydrogens is 267 g/mol. The molecule has 5 heteroatoms. The standard InChI is InChI=1S/C14H19FN2O.ClH/c1-13(2,10-3-5-11(15)6-4-10)9-17-12(18)14(16)7-8-14;/h3-6H,7-9,16H2,1-2H3,(H,17,18);1H. The summed E-state index contributed by atoms with van der Waals surface area (Å²) >= 11 is 0. The minimum Gasteiger partial charge on any atom is -0.354 e. The zero-order valence-corrected chi connectivity index (χ0v) is 12.0. The van der Waals surface area contributed by atoms with Crippen molar-refractivity contribution < 1.29 is 9.18 Å². The van der Waals surface area contributed by atoms with Crippen molar-refractivity contribution in [1.82, 2.24) is 5.32 Å². The predicted octanol–water partition coefficient (Wildman–Crippen LogP) is 2.13. The van der Waals surface area contributed by atoms with Crippen molar-refractivity contribution in [2.75, 3.05) is 6.54 Å². The first-order valence-electron chi connectivity index (χ1n) is 6.17. The molecule has 0 aromatic heterocycles. The summed E-state index contributed by atoms with van der Waals surface area (Å²) in [6.07, 6.45) is 1.52. The Balaban J connectivity index is 0.00000180. The maximum Gasteiger partial charge on any atom is 0.240 e. The number of nitrogens with one attached hydrogen (secondary N) is 1. The lowest BCUT2D eigenvalue weighted by molar-refractivity contribution is -0.123. The van der Waals surface area contributed by atoms with Crippen molar-refractivity contribution in [3.05, 3.63) is 35.6 Å². The molecule has 1 aromatic carbocycles. The van der Waals surface area contributed by atoms with Gasteiger partial charge >= 0.3 is 0 Å². The second-order valence-electron chi connectivity index (χ2n) is 5.73. The highest BCUT2D eigenvalue weighted by molar-refractivity contribution is 5.89. The van der Waals surface area contributed by atoms with E-state index in [0.717, 1.165) is 18.4 Å². The Hall–Kier alpha value is -1.13. The van der Waals surface area contributed by atoms with Crippen LogP contribution in [0.25, 0.3) is 0 Å². The lowest BCUT2D eigenvalue weighted by Crippen LogP contribution is -2.46. The molecule has 1 saturated carbocycles. The quantitative estimate of drug-likeness (QED) is 0.891. The van der Waals surface area contributed by atoms with Crippen molar-refractivity contribution in [2.45, 2.75) is 37.6 Å². The highest BCUT2D eigenvalue weighted by Gasteiger charge is 2.46. The number of nitrogens with two attached hydrogens (primary N) is 1. The molecule has 0 saturated heterocycles. The molecule has 0 spiro atoms. The number of hydrogen-bond donors (Lipinski definition) is 2. The van der Waals surface area contributed by atoms with E-state index in [2.05, 4.69) is 5.32 Å². The molecule has 19 heavy (non-hydrogen) atoms. The molecule has 106 valence electrons. The predicted molar refractivity (Wildman–Crippen MR) is 75.8 cm³/mol. The van der Waals surface area contributed by atoms with Crippen LogP contribution in [-0.4, -0.2) is 18.0 Å². The van der Waals surface area contributed by atoms with Crippen LogP contribution in [0.4, 0.5) is 4.39 Å². The molecule has 1 amide bonds.